The lowest BCUT2D eigenvalue weighted by Gasteiger charge is -2.33. The summed E-state index contributed by atoms with van der Waals surface area (Å²) >= 11 is 5.44. The Balaban J connectivity index is 1.86. The molecule has 122 valence electrons. The second-order valence-electron chi connectivity index (χ2n) is 5.80. The molecule has 0 radical (unpaired) electrons. The number of nitrogens with one attached hydrogen (secondary N) is 1. The Morgan fingerprint density at radius 2 is 2.12 bits per heavy atom. The molecule has 0 spiro atoms. The highest BCUT2D eigenvalue weighted by Gasteiger charge is 2.21. The number of benzene rings is 1. The molecule has 24 heavy (non-hydrogen) atoms. The van der Waals surface area contributed by atoms with E-state index in [2.05, 4.69) is 21.1 Å². The predicted molar refractivity (Wildman–Crippen MR) is 99.7 cm³/mol. The lowest BCUT2D eigenvalue weighted by Crippen LogP contribution is -2.35. The maximum Gasteiger partial charge on any atom is 0.125 e. The Morgan fingerprint density at radius 3 is 2.88 bits per heavy atom. The molecule has 1 saturated heterocycles. The van der Waals surface area contributed by atoms with Crippen LogP contribution in [-0.2, 0) is 0 Å². The zero-order valence-electron chi connectivity index (χ0n) is 13.2. The Morgan fingerprint density at radius 1 is 1.33 bits per heavy atom. The molecule has 3 nitrogen and oxygen atoms in total. The van der Waals surface area contributed by atoms with Crippen LogP contribution >= 0.6 is 12.2 Å². The van der Waals surface area contributed by atoms with Crippen LogP contribution in [0.15, 0.2) is 42.7 Å². The van der Waals surface area contributed by atoms with Gasteiger partial charge in [-0.15, -0.1) is 12.3 Å². The van der Waals surface area contributed by atoms with Crippen molar-refractivity contribution in [3.63, 3.8) is 0 Å². The molecule has 1 aliphatic heterocycles. The van der Waals surface area contributed by atoms with Crippen LogP contribution in [0.25, 0.3) is 0 Å². The normalized spacial score (nSPS) is 17.2. The van der Waals surface area contributed by atoms with Crippen molar-refractivity contribution in [2.75, 3.05) is 23.3 Å². The van der Waals surface area contributed by atoms with Crippen molar-refractivity contribution in [2.45, 2.75) is 12.8 Å². The van der Waals surface area contributed by atoms with E-state index in [4.69, 9.17) is 18.6 Å². The molecule has 0 aliphatic carbocycles. The highest BCUT2D eigenvalue weighted by atomic mass is 32.1. The number of nitrogens with zero attached hydrogens (tertiary/aromatic N) is 2. The van der Waals surface area contributed by atoms with Crippen molar-refractivity contribution in [1.82, 2.24) is 4.98 Å². The quantitative estimate of drug-likeness (QED) is 0.679. The molecule has 3 rings (SSSR count). The van der Waals surface area contributed by atoms with Crippen LogP contribution in [-0.4, -0.2) is 23.1 Å². The van der Waals surface area contributed by atoms with Gasteiger partial charge in [-0.1, -0.05) is 12.2 Å². The molecule has 1 aromatic heterocycles. The van der Waals surface area contributed by atoms with E-state index in [0.29, 0.717) is 10.7 Å². The third-order valence-corrected chi connectivity index (χ3v) is 4.48. The van der Waals surface area contributed by atoms with E-state index in [1.807, 2.05) is 12.1 Å². The number of pyridine rings is 1. The molecule has 1 aromatic carbocycles. The van der Waals surface area contributed by atoms with Gasteiger partial charge in [-0.25, -0.2) is 4.39 Å². The molecule has 5 heteroatoms. The van der Waals surface area contributed by atoms with Crippen LogP contribution in [0.2, 0.25) is 0 Å². The van der Waals surface area contributed by atoms with E-state index in [9.17, 15) is 4.39 Å². The van der Waals surface area contributed by atoms with Gasteiger partial charge in [0.2, 0.25) is 0 Å². The van der Waals surface area contributed by atoms with Gasteiger partial charge in [0.05, 0.1) is 11.4 Å². The Labute approximate surface area is 146 Å². The smallest absolute Gasteiger partial charge is 0.125 e. The largest absolute Gasteiger partial charge is 0.369 e. The van der Waals surface area contributed by atoms with Crippen LogP contribution in [0.5, 0.6) is 0 Å². The molecule has 1 aliphatic rings. The van der Waals surface area contributed by atoms with E-state index in [1.165, 1.54) is 12.1 Å². The molecule has 0 saturated carbocycles. The van der Waals surface area contributed by atoms with Crippen LogP contribution in [0.4, 0.5) is 15.8 Å². The van der Waals surface area contributed by atoms with Crippen molar-refractivity contribution in [1.29, 1.82) is 0 Å². The number of piperidine rings is 1. The standard InChI is InChI=1S/C19H18FN3S/c1-2-14-4-3-11-23(13-14)18-6-5-16(20)12-17(18)22-19(24)15-7-9-21-10-8-15/h1,5-10,12,14H,3-4,11,13H2,(H,22,24). The minimum atomic E-state index is -0.302. The van der Waals surface area contributed by atoms with Crippen molar-refractivity contribution in [2.24, 2.45) is 5.92 Å². The summed E-state index contributed by atoms with van der Waals surface area (Å²) in [5.41, 5.74) is 2.43. The topological polar surface area (TPSA) is 28.2 Å². The van der Waals surface area contributed by atoms with Gasteiger partial charge < -0.3 is 10.2 Å². The van der Waals surface area contributed by atoms with Crippen molar-refractivity contribution < 1.29 is 4.39 Å². The monoisotopic (exact) mass is 339 g/mol. The number of halogens is 1. The third-order valence-electron chi connectivity index (χ3n) is 4.15. The first-order valence-electron chi connectivity index (χ1n) is 7.89. The molecule has 1 unspecified atom stereocenters. The average molecular weight is 339 g/mol. The summed E-state index contributed by atoms with van der Waals surface area (Å²) < 4.78 is 13.8. The Hall–Kier alpha value is -2.45. The van der Waals surface area contributed by atoms with Crippen LogP contribution < -0.4 is 10.2 Å². The summed E-state index contributed by atoms with van der Waals surface area (Å²) in [7, 11) is 0. The van der Waals surface area contributed by atoms with Gasteiger partial charge in [0.15, 0.2) is 0 Å². The molecule has 0 amide bonds. The van der Waals surface area contributed by atoms with E-state index < -0.39 is 0 Å². The average Bonchev–Trinajstić information content (AvgIpc) is 2.62. The number of terminal acetylenes is 1. The number of hydrogen-bond acceptors (Lipinski definition) is 3. The van der Waals surface area contributed by atoms with Gasteiger partial charge in [-0.05, 0) is 43.2 Å². The number of hydrogen-bond donors (Lipinski definition) is 1. The first kappa shape index (κ1) is 16.4. The molecule has 1 atom stereocenters. The van der Waals surface area contributed by atoms with Gasteiger partial charge in [-0.2, -0.15) is 0 Å². The van der Waals surface area contributed by atoms with Crippen molar-refractivity contribution in [3.8, 4) is 12.3 Å². The molecular formula is C19H18FN3S. The molecule has 2 aromatic rings. The number of rotatable bonds is 3. The zero-order chi connectivity index (χ0) is 16.9. The fourth-order valence-corrected chi connectivity index (χ4v) is 3.16. The fourth-order valence-electron chi connectivity index (χ4n) is 2.91. The maximum atomic E-state index is 13.8. The van der Waals surface area contributed by atoms with Gasteiger partial charge in [0.1, 0.15) is 10.8 Å². The van der Waals surface area contributed by atoms with E-state index in [-0.39, 0.29) is 11.7 Å². The van der Waals surface area contributed by atoms with Gasteiger partial charge in [-0.3, -0.25) is 4.98 Å². The number of anilines is 2. The highest BCUT2D eigenvalue weighted by molar-refractivity contribution is 7.81. The Bertz CT molecular complexity index is 770. The fraction of sp³-hybridized carbons (Fsp3) is 0.263. The highest BCUT2D eigenvalue weighted by Crippen LogP contribution is 2.31. The number of aromatic nitrogens is 1. The van der Waals surface area contributed by atoms with E-state index in [0.717, 1.165) is 37.2 Å². The van der Waals surface area contributed by atoms with Crippen LogP contribution in [0.3, 0.4) is 0 Å². The summed E-state index contributed by atoms with van der Waals surface area (Å²) in [4.78, 5) is 6.72. The molecule has 1 fully saturated rings. The first-order valence-corrected chi connectivity index (χ1v) is 8.30. The molecular weight excluding hydrogens is 321 g/mol. The van der Waals surface area contributed by atoms with Gasteiger partial charge in [0.25, 0.3) is 0 Å². The number of thiocarbonyl (C=S) groups is 1. The van der Waals surface area contributed by atoms with E-state index >= 15 is 0 Å². The summed E-state index contributed by atoms with van der Waals surface area (Å²) in [5.74, 6) is 2.76. The lowest BCUT2D eigenvalue weighted by atomic mass is 9.98. The van der Waals surface area contributed by atoms with Crippen molar-refractivity contribution >= 4 is 28.6 Å². The van der Waals surface area contributed by atoms with Crippen LogP contribution in [0, 0.1) is 24.1 Å². The van der Waals surface area contributed by atoms with Gasteiger partial charge in [0, 0.05) is 37.0 Å². The minimum absolute atomic E-state index is 0.226. The summed E-state index contributed by atoms with van der Waals surface area (Å²) in [6.07, 6.45) is 11.0. The second kappa shape index (κ2) is 7.41. The molecule has 1 N–H and O–H groups in total. The lowest BCUT2D eigenvalue weighted by molar-refractivity contribution is 0.498. The summed E-state index contributed by atoms with van der Waals surface area (Å²) in [6, 6.07) is 8.37. The summed E-state index contributed by atoms with van der Waals surface area (Å²) in [6.45, 7) is 1.68. The first-order chi connectivity index (χ1) is 11.7. The Kier molecular flexibility index (Phi) is 5.07. The van der Waals surface area contributed by atoms with Crippen molar-refractivity contribution in [3.05, 3.63) is 54.1 Å². The van der Waals surface area contributed by atoms with E-state index in [1.54, 1.807) is 18.5 Å². The zero-order valence-corrected chi connectivity index (χ0v) is 14.0. The minimum Gasteiger partial charge on any atom is -0.369 e. The maximum absolute atomic E-state index is 13.8. The molecule has 2 heterocycles. The van der Waals surface area contributed by atoms with Gasteiger partial charge >= 0.3 is 0 Å². The second-order valence-corrected chi connectivity index (χ2v) is 6.21. The third kappa shape index (κ3) is 3.72. The van der Waals surface area contributed by atoms with Crippen LogP contribution in [0.1, 0.15) is 18.4 Å². The summed E-state index contributed by atoms with van der Waals surface area (Å²) in [5, 5.41) is 3.17. The SMILES string of the molecule is C#CC1CCCN(c2ccc(F)cc2NC(=S)c2ccncc2)C1. The molecule has 0 bridgehead atoms. The predicted octanol–water partition coefficient (Wildman–Crippen LogP) is 3.86.